The molecule has 18 heavy (non-hydrogen) atoms. The first-order valence-electron chi connectivity index (χ1n) is 6.26. The van der Waals surface area contributed by atoms with Crippen molar-refractivity contribution in [2.75, 3.05) is 7.05 Å². The van der Waals surface area contributed by atoms with Crippen molar-refractivity contribution in [1.82, 2.24) is 15.8 Å². The molecule has 102 valence electrons. The molecule has 0 atom stereocenters. The van der Waals surface area contributed by atoms with Crippen LogP contribution < -0.4 is 10.6 Å². The van der Waals surface area contributed by atoms with E-state index in [1.54, 1.807) is 7.05 Å². The SMILES string of the molecule is CN=C(NCc1cc(C(C)C)no1)NC(C)(C)C. The Morgan fingerprint density at radius 1 is 1.44 bits per heavy atom. The number of nitrogens with zero attached hydrogens (tertiary/aromatic N) is 2. The largest absolute Gasteiger partial charge is 0.359 e. The maximum absolute atomic E-state index is 5.26. The highest BCUT2D eigenvalue weighted by Gasteiger charge is 2.12. The predicted octanol–water partition coefficient (Wildman–Crippen LogP) is 2.26. The number of aliphatic imine (C=N–C) groups is 1. The first kappa shape index (κ1) is 14.5. The fourth-order valence-corrected chi connectivity index (χ4v) is 1.39. The highest BCUT2D eigenvalue weighted by Crippen LogP contribution is 2.13. The van der Waals surface area contributed by atoms with E-state index in [1.165, 1.54) is 0 Å². The van der Waals surface area contributed by atoms with E-state index in [9.17, 15) is 0 Å². The summed E-state index contributed by atoms with van der Waals surface area (Å²) in [5.74, 6) is 1.95. The molecular formula is C13H24N4O. The molecule has 1 aromatic heterocycles. The number of hydrogen-bond acceptors (Lipinski definition) is 3. The Hall–Kier alpha value is -1.52. The summed E-state index contributed by atoms with van der Waals surface area (Å²) in [6, 6.07) is 1.97. The van der Waals surface area contributed by atoms with E-state index in [2.05, 4.69) is 55.4 Å². The van der Waals surface area contributed by atoms with Gasteiger partial charge in [0.05, 0.1) is 12.2 Å². The summed E-state index contributed by atoms with van der Waals surface area (Å²) >= 11 is 0. The van der Waals surface area contributed by atoms with Crippen LogP contribution in [0.5, 0.6) is 0 Å². The van der Waals surface area contributed by atoms with Crippen LogP contribution in [-0.2, 0) is 6.54 Å². The standard InChI is InChI=1S/C13H24N4O/c1-9(2)11-7-10(18-17-11)8-15-12(14-6)16-13(3,4)5/h7,9H,8H2,1-6H3,(H2,14,15,16). The van der Waals surface area contributed by atoms with Crippen LogP contribution in [0.1, 0.15) is 52.0 Å². The summed E-state index contributed by atoms with van der Waals surface area (Å²) in [5, 5.41) is 10.5. The molecule has 5 nitrogen and oxygen atoms in total. The van der Waals surface area contributed by atoms with Gasteiger partial charge in [0.15, 0.2) is 11.7 Å². The Balaban J connectivity index is 2.53. The second kappa shape index (κ2) is 5.89. The summed E-state index contributed by atoms with van der Waals surface area (Å²) in [6.07, 6.45) is 0. The lowest BCUT2D eigenvalue weighted by atomic mass is 10.1. The van der Waals surface area contributed by atoms with Crippen LogP contribution in [0.15, 0.2) is 15.6 Å². The van der Waals surface area contributed by atoms with Crippen molar-refractivity contribution in [3.63, 3.8) is 0 Å². The topological polar surface area (TPSA) is 62.5 Å². The summed E-state index contributed by atoms with van der Waals surface area (Å²) in [7, 11) is 1.75. The second-order valence-corrected chi connectivity index (χ2v) is 5.67. The van der Waals surface area contributed by atoms with Gasteiger partial charge in [-0.2, -0.15) is 0 Å². The minimum atomic E-state index is -0.0215. The van der Waals surface area contributed by atoms with Gasteiger partial charge < -0.3 is 15.2 Å². The van der Waals surface area contributed by atoms with E-state index in [-0.39, 0.29) is 5.54 Å². The van der Waals surface area contributed by atoms with Gasteiger partial charge >= 0.3 is 0 Å². The molecule has 2 N–H and O–H groups in total. The molecule has 1 aromatic rings. The molecule has 1 heterocycles. The van der Waals surface area contributed by atoms with Crippen molar-refractivity contribution in [1.29, 1.82) is 0 Å². The molecule has 0 saturated carbocycles. The van der Waals surface area contributed by atoms with Crippen LogP contribution in [0.3, 0.4) is 0 Å². The minimum Gasteiger partial charge on any atom is -0.359 e. The van der Waals surface area contributed by atoms with Gasteiger partial charge in [0.25, 0.3) is 0 Å². The minimum absolute atomic E-state index is 0.0215. The molecule has 0 aromatic carbocycles. The zero-order chi connectivity index (χ0) is 13.8. The Bertz CT molecular complexity index is 401. The van der Waals surface area contributed by atoms with Crippen molar-refractivity contribution in [2.24, 2.45) is 4.99 Å². The van der Waals surface area contributed by atoms with E-state index >= 15 is 0 Å². The molecule has 0 radical (unpaired) electrons. The van der Waals surface area contributed by atoms with Crippen LogP contribution in [-0.4, -0.2) is 23.7 Å². The van der Waals surface area contributed by atoms with E-state index in [1.807, 2.05) is 6.07 Å². The van der Waals surface area contributed by atoms with Gasteiger partial charge in [0, 0.05) is 18.7 Å². The van der Waals surface area contributed by atoms with E-state index in [4.69, 9.17) is 4.52 Å². The monoisotopic (exact) mass is 252 g/mol. The Morgan fingerprint density at radius 3 is 2.56 bits per heavy atom. The molecule has 0 unspecified atom stereocenters. The third-order valence-electron chi connectivity index (χ3n) is 2.32. The lowest BCUT2D eigenvalue weighted by Crippen LogP contribution is -2.47. The number of guanidine groups is 1. The molecule has 0 bridgehead atoms. The number of aromatic nitrogens is 1. The van der Waals surface area contributed by atoms with Gasteiger partial charge in [-0.05, 0) is 26.7 Å². The van der Waals surface area contributed by atoms with Crippen LogP contribution in [0.2, 0.25) is 0 Å². The Labute approximate surface area is 109 Å². The Morgan fingerprint density at radius 2 is 2.11 bits per heavy atom. The van der Waals surface area contributed by atoms with Gasteiger partial charge in [-0.1, -0.05) is 19.0 Å². The third kappa shape index (κ3) is 4.77. The van der Waals surface area contributed by atoms with E-state index in [0.717, 1.165) is 17.4 Å². The van der Waals surface area contributed by atoms with Gasteiger partial charge in [-0.15, -0.1) is 0 Å². The van der Waals surface area contributed by atoms with Gasteiger partial charge in [-0.25, -0.2) is 0 Å². The average Bonchev–Trinajstić information content (AvgIpc) is 2.71. The maximum Gasteiger partial charge on any atom is 0.191 e. The van der Waals surface area contributed by atoms with Crippen molar-refractivity contribution >= 4 is 5.96 Å². The van der Waals surface area contributed by atoms with Gasteiger partial charge in [0.2, 0.25) is 0 Å². The zero-order valence-corrected chi connectivity index (χ0v) is 12.2. The molecule has 0 spiro atoms. The molecular weight excluding hydrogens is 228 g/mol. The van der Waals surface area contributed by atoms with Crippen LogP contribution >= 0.6 is 0 Å². The first-order valence-corrected chi connectivity index (χ1v) is 6.26. The normalized spacial score (nSPS) is 12.9. The molecule has 0 aliphatic heterocycles. The molecule has 0 fully saturated rings. The summed E-state index contributed by atoms with van der Waals surface area (Å²) < 4.78 is 5.26. The van der Waals surface area contributed by atoms with Crippen molar-refractivity contribution in [3.05, 3.63) is 17.5 Å². The molecule has 5 heteroatoms. The number of hydrogen-bond donors (Lipinski definition) is 2. The average molecular weight is 252 g/mol. The predicted molar refractivity (Wildman–Crippen MR) is 73.7 cm³/mol. The van der Waals surface area contributed by atoms with Crippen LogP contribution in [0.4, 0.5) is 0 Å². The molecule has 0 aliphatic rings. The fraction of sp³-hybridized carbons (Fsp3) is 0.692. The lowest BCUT2D eigenvalue weighted by Gasteiger charge is -2.23. The molecule has 0 aliphatic carbocycles. The van der Waals surface area contributed by atoms with Crippen LogP contribution in [0, 0.1) is 0 Å². The summed E-state index contributed by atoms with van der Waals surface area (Å²) in [4.78, 5) is 4.16. The Kier molecular flexibility index (Phi) is 4.76. The van der Waals surface area contributed by atoms with Gasteiger partial charge in [0.1, 0.15) is 0 Å². The number of nitrogens with one attached hydrogen (secondary N) is 2. The second-order valence-electron chi connectivity index (χ2n) is 5.67. The molecule has 0 amide bonds. The first-order chi connectivity index (χ1) is 8.31. The number of rotatable bonds is 3. The van der Waals surface area contributed by atoms with Crippen LogP contribution in [0.25, 0.3) is 0 Å². The molecule has 1 rings (SSSR count). The highest BCUT2D eigenvalue weighted by atomic mass is 16.5. The van der Waals surface area contributed by atoms with Gasteiger partial charge in [-0.3, -0.25) is 4.99 Å². The van der Waals surface area contributed by atoms with Crippen molar-refractivity contribution < 1.29 is 4.52 Å². The quantitative estimate of drug-likeness (QED) is 0.640. The summed E-state index contributed by atoms with van der Waals surface area (Å²) in [5.41, 5.74) is 0.956. The highest BCUT2D eigenvalue weighted by molar-refractivity contribution is 5.80. The zero-order valence-electron chi connectivity index (χ0n) is 12.2. The molecule has 0 saturated heterocycles. The van der Waals surface area contributed by atoms with E-state index in [0.29, 0.717) is 12.5 Å². The summed E-state index contributed by atoms with van der Waals surface area (Å²) in [6.45, 7) is 11.0. The van der Waals surface area contributed by atoms with E-state index < -0.39 is 0 Å². The third-order valence-corrected chi connectivity index (χ3v) is 2.32. The lowest BCUT2D eigenvalue weighted by molar-refractivity contribution is 0.371. The van der Waals surface area contributed by atoms with Crippen molar-refractivity contribution in [2.45, 2.75) is 52.6 Å². The smallest absolute Gasteiger partial charge is 0.191 e. The fourth-order valence-electron chi connectivity index (χ4n) is 1.39. The maximum atomic E-state index is 5.26. The van der Waals surface area contributed by atoms with Crippen molar-refractivity contribution in [3.8, 4) is 0 Å².